The third kappa shape index (κ3) is 4.53. The lowest BCUT2D eigenvalue weighted by Gasteiger charge is -2.13. The van der Waals surface area contributed by atoms with Crippen LogP contribution in [0, 0.1) is 20.2 Å². The molecule has 0 aliphatic rings. The van der Waals surface area contributed by atoms with Crippen molar-refractivity contribution < 1.29 is 19.4 Å². The average molecular weight is 359 g/mol. The first-order valence-electron chi connectivity index (χ1n) is 7.82. The van der Waals surface area contributed by atoms with Crippen molar-refractivity contribution in [3.8, 4) is 5.75 Å². The number of nitrogens with zero attached hydrogens (tertiary/aromatic N) is 2. The summed E-state index contributed by atoms with van der Waals surface area (Å²) in [6.45, 7) is 3.88. The molecule has 2 rings (SSSR count). The summed E-state index contributed by atoms with van der Waals surface area (Å²) < 4.78 is 5.66. The molecule has 0 bridgehead atoms. The van der Waals surface area contributed by atoms with E-state index in [0.717, 1.165) is 24.6 Å². The Morgan fingerprint density at radius 2 is 1.88 bits per heavy atom. The SMILES string of the molecule is CCC(C)Oc1cccc(NC(=O)c2ccc([N+](=O)[O-])cc2[N+](=O)[O-])c1. The van der Waals surface area contributed by atoms with Crippen molar-refractivity contribution in [2.24, 2.45) is 0 Å². The highest BCUT2D eigenvalue weighted by Crippen LogP contribution is 2.26. The second-order valence-corrected chi connectivity index (χ2v) is 5.53. The second-order valence-electron chi connectivity index (χ2n) is 5.53. The molecule has 0 radical (unpaired) electrons. The molecule has 0 fully saturated rings. The fourth-order valence-corrected chi connectivity index (χ4v) is 2.14. The van der Waals surface area contributed by atoms with Gasteiger partial charge in [0.2, 0.25) is 0 Å². The molecular formula is C17H17N3O6. The number of benzene rings is 2. The number of hydrogen-bond donors (Lipinski definition) is 1. The quantitative estimate of drug-likeness (QED) is 0.590. The molecule has 9 heteroatoms. The van der Waals surface area contributed by atoms with Gasteiger partial charge >= 0.3 is 0 Å². The highest BCUT2D eigenvalue weighted by atomic mass is 16.6. The minimum Gasteiger partial charge on any atom is -0.491 e. The molecule has 1 amide bonds. The topological polar surface area (TPSA) is 125 Å². The lowest BCUT2D eigenvalue weighted by molar-refractivity contribution is -0.394. The predicted molar refractivity (Wildman–Crippen MR) is 94.5 cm³/mol. The molecule has 0 aliphatic carbocycles. The number of hydrogen-bond acceptors (Lipinski definition) is 6. The van der Waals surface area contributed by atoms with Crippen molar-refractivity contribution in [1.29, 1.82) is 0 Å². The largest absolute Gasteiger partial charge is 0.491 e. The van der Waals surface area contributed by atoms with Gasteiger partial charge in [0.25, 0.3) is 17.3 Å². The van der Waals surface area contributed by atoms with Crippen molar-refractivity contribution >= 4 is 23.0 Å². The smallest absolute Gasteiger partial charge is 0.289 e. The molecule has 26 heavy (non-hydrogen) atoms. The molecule has 0 aromatic heterocycles. The van der Waals surface area contributed by atoms with E-state index in [9.17, 15) is 25.0 Å². The van der Waals surface area contributed by atoms with Crippen LogP contribution in [0.3, 0.4) is 0 Å². The Morgan fingerprint density at radius 1 is 1.15 bits per heavy atom. The lowest BCUT2D eigenvalue weighted by atomic mass is 10.1. The van der Waals surface area contributed by atoms with Crippen molar-refractivity contribution in [1.82, 2.24) is 0 Å². The van der Waals surface area contributed by atoms with E-state index in [1.54, 1.807) is 24.3 Å². The number of nitro benzene ring substituents is 2. The highest BCUT2D eigenvalue weighted by molar-refractivity contribution is 6.07. The Balaban J connectivity index is 2.26. The van der Waals surface area contributed by atoms with E-state index in [1.807, 2.05) is 13.8 Å². The molecule has 0 spiro atoms. The molecule has 0 heterocycles. The molecule has 9 nitrogen and oxygen atoms in total. The normalized spacial score (nSPS) is 11.5. The second kappa shape index (κ2) is 8.06. The first-order chi connectivity index (χ1) is 12.3. The maximum absolute atomic E-state index is 12.4. The zero-order valence-electron chi connectivity index (χ0n) is 14.2. The number of nitro groups is 2. The van der Waals surface area contributed by atoms with Gasteiger partial charge in [0.15, 0.2) is 0 Å². The van der Waals surface area contributed by atoms with Gasteiger partial charge in [-0.2, -0.15) is 0 Å². The van der Waals surface area contributed by atoms with Crippen molar-refractivity contribution in [3.05, 3.63) is 68.3 Å². The Hall–Kier alpha value is -3.49. The number of amides is 1. The van der Waals surface area contributed by atoms with Crippen LogP contribution in [-0.2, 0) is 0 Å². The van der Waals surface area contributed by atoms with Gasteiger partial charge in [-0.1, -0.05) is 13.0 Å². The first kappa shape index (κ1) is 18.8. The summed E-state index contributed by atoms with van der Waals surface area (Å²) in [7, 11) is 0. The molecule has 1 N–H and O–H groups in total. The Morgan fingerprint density at radius 3 is 2.50 bits per heavy atom. The van der Waals surface area contributed by atoms with Crippen LogP contribution in [0.1, 0.15) is 30.6 Å². The van der Waals surface area contributed by atoms with Crippen molar-refractivity contribution in [2.75, 3.05) is 5.32 Å². The predicted octanol–water partition coefficient (Wildman–Crippen LogP) is 3.93. The molecule has 136 valence electrons. The fraction of sp³-hybridized carbons (Fsp3) is 0.235. The molecular weight excluding hydrogens is 342 g/mol. The van der Waals surface area contributed by atoms with Crippen LogP contribution in [-0.4, -0.2) is 21.9 Å². The summed E-state index contributed by atoms with van der Waals surface area (Å²) >= 11 is 0. The van der Waals surface area contributed by atoms with Gasteiger partial charge in [-0.3, -0.25) is 25.0 Å². The summed E-state index contributed by atoms with van der Waals surface area (Å²) in [4.78, 5) is 32.7. The van der Waals surface area contributed by atoms with Crippen LogP contribution in [0.15, 0.2) is 42.5 Å². The number of rotatable bonds is 7. The van der Waals surface area contributed by atoms with Gasteiger partial charge in [-0.05, 0) is 31.5 Å². The van der Waals surface area contributed by atoms with Crippen LogP contribution in [0.25, 0.3) is 0 Å². The third-order valence-electron chi connectivity index (χ3n) is 3.64. The molecule has 0 aliphatic heterocycles. The van der Waals surface area contributed by atoms with E-state index in [1.165, 1.54) is 0 Å². The van der Waals surface area contributed by atoms with Gasteiger partial charge in [0, 0.05) is 17.8 Å². The monoisotopic (exact) mass is 359 g/mol. The summed E-state index contributed by atoms with van der Waals surface area (Å²) in [6, 6.07) is 9.49. The minimum atomic E-state index is -0.829. The number of ether oxygens (including phenoxy) is 1. The van der Waals surface area contributed by atoms with E-state index in [2.05, 4.69) is 5.32 Å². The lowest BCUT2D eigenvalue weighted by Crippen LogP contribution is -2.14. The molecule has 2 aromatic rings. The average Bonchev–Trinajstić information content (AvgIpc) is 2.61. The van der Waals surface area contributed by atoms with Crippen LogP contribution in [0.2, 0.25) is 0 Å². The Bertz CT molecular complexity index is 852. The van der Waals surface area contributed by atoms with Crippen LogP contribution >= 0.6 is 0 Å². The molecule has 0 saturated carbocycles. The molecule has 0 saturated heterocycles. The maximum atomic E-state index is 12.4. The zero-order chi connectivity index (χ0) is 19.3. The minimum absolute atomic E-state index is 0.00304. The van der Waals surface area contributed by atoms with Gasteiger partial charge in [-0.25, -0.2) is 0 Å². The summed E-state index contributed by atoms with van der Waals surface area (Å²) in [5, 5.41) is 24.5. The van der Waals surface area contributed by atoms with Gasteiger partial charge in [0.05, 0.1) is 22.0 Å². The molecule has 1 atom stereocenters. The third-order valence-corrected chi connectivity index (χ3v) is 3.64. The van der Waals surface area contributed by atoms with E-state index >= 15 is 0 Å². The Labute approximate surface area is 148 Å². The summed E-state index contributed by atoms with van der Waals surface area (Å²) in [5.41, 5.74) is -0.974. The Kier molecular flexibility index (Phi) is 5.84. The van der Waals surface area contributed by atoms with Crippen molar-refractivity contribution in [3.63, 3.8) is 0 Å². The number of non-ortho nitro benzene ring substituents is 1. The summed E-state index contributed by atoms with van der Waals surface area (Å²) in [6.07, 6.45) is 0.808. The number of carbonyl (C=O) groups excluding carboxylic acids is 1. The zero-order valence-corrected chi connectivity index (χ0v) is 14.2. The van der Waals surface area contributed by atoms with Crippen LogP contribution in [0.4, 0.5) is 17.1 Å². The number of anilines is 1. The van der Waals surface area contributed by atoms with Gasteiger partial charge < -0.3 is 10.1 Å². The van der Waals surface area contributed by atoms with Gasteiger partial charge in [-0.15, -0.1) is 0 Å². The van der Waals surface area contributed by atoms with Gasteiger partial charge in [0.1, 0.15) is 11.3 Å². The van der Waals surface area contributed by atoms with E-state index in [4.69, 9.17) is 4.74 Å². The first-order valence-corrected chi connectivity index (χ1v) is 7.82. The molecule has 2 aromatic carbocycles. The number of nitrogens with one attached hydrogen (secondary N) is 1. The van der Waals surface area contributed by atoms with E-state index in [0.29, 0.717) is 11.4 Å². The van der Waals surface area contributed by atoms with E-state index in [-0.39, 0.29) is 11.7 Å². The number of carbonyl (C=O) groups is 1. The maximum Gasteiger partial charge on any atom is 0.289 e. The standard InChI is InChI=1S/C17H17N3O6/c1-3-11(2)26-14-6-4-5-12(9-14)18-17(21)15-8-7-13(19(22)23)10-16(15)20(24)25/h4-11H,3H2,1-2H3,(H,18,21). The van der Waals surface area contributed by atoms with E-state index < -0.39 is 27.1 Å². The highest BCUT2D eigenvalue weighted by Gasteiger charge is 2.24. The fourth-order valence-electron chi connectivity index (χ4n) is 2.14. The summed E-state index contributed by atoms with van der Waals surface area (Å²) in [5.74, 6) is -0.192. The van der Waals surface area contributed by atoms with Crippen molar-refractivity contribution in [2.45, 2.75) is 26.4 Å². The van der Waals surface area contributed by atoms with Crippen LogP contribution in [0.5, 0.6) is 5.75 Å². The van der Waals surface area contributed by atoms with Crippen LogP contribution < -0.4 is 10.1 Å². The molecule has 1 unspecified atom stereocenters.